The lowest BCUT2D eigenvalue weighted by molar-refractivity contribution is 0.342. The normalized spacial score (nSPS) is 10.3. The largest absolute Gasteiger partial charge is 0.392 e. The van der Waals surface area contributed by atoms with Crippen LogP contribution in [0.15, 0.2) is 12.2 Å². The molecule has 2 nitrogen and oxygen atoms in total. The van der Waals surface area contributed by atoms with Gasteiger partial charge in [-0.3, -0.25) is 0 Å². The highest BCUT2D eigenvalue weighted by Crippen LogP contribution is 1.61. The predicted molar refractivity (Wildman–Crippen MR) is 25.3 cm³/mol. The molecule has 3 N–H and O–H groups in total. The minimum Gasteiger partial charge on any atom is -0.392 e. The van der Waals surface area contributed by atoms with Crippen LogP contribution in [-0.4, -0.2) is 18.3 Å². The van der Waals surface area contributed by atoms with Gasteiger partial charge in [-0.15, -0.1) is 0 Å². The smallest absolute Gasteiger partial charge is 0.0612 e. The third kappa shape index (κ3) is 3.66. The summed E-state index contributed by atoms with van der Waals surface area (Å²) in [5, 5.41) is 8.06. The molecule has 2 heteroatoms. The van der Waals surface area contributed by atoms with Crippen molar-refractivity contribution in [2.75, 3.05) is 13.2 Å². The minimum absolute atomic E-state index is 0.0944. The van der Waals surface area contributed by atoms with E-state index in [4.69, 9.17) is 10.8 Å². The summed E-state index contributed by atoms with van der Waals surface area (Å²) in [7, 11) is 0. The highest BCUT2D eigenvalue weighted by Gasteiger charge is 1.60. The van der Waals surface area contributed by atoms with Crippen LogP contribution in [0.2, 0.25) is 0 Å². The molecule has 0 aromatic carbocycles. The van der Waals surface area contributed by atoms with E-state index in [1.54, 1.807) is 12.2 Å². The van der Waals surface area contributed by atoms with Crippen molar-refractivity contribution in [3.05, 3.63) is 12.2 Å². The van der Waals surface area contributed by atoms with Gasteiger partial charge in [0.25, 0.3) is 0 Å². The monoisotopic (exact) mass is 87.1 g/mol. The van der Waals surface area contributed by atoms with Gasteiger partial charge in [0.15, 0.2) is 0 Å². The van der Waals surface area contributed by atoms with Gasteiger partial charge in [0.2, 0.25) is 0 Å². The van der Waals surface area contributed by atoms with Crippen LogP contribution in [0, 0.1) is 0 Å². The van der Waals surface area contributed by atoms with E-state index in [2.05, 4.69) is 0 Å². The molecule has 0 heterocycles. The first-order valence-electron chi connectivity index (χ1n) is 1.87. The minimum atomic E-state index is 0.0944. The fourth-order valence-corrected chi connectivity index (χ4v) is 0.171. The first kappa shape index (κ1) is 5.66. The van der Waals surface area contributed by atoms with Crippen LogP contribution >= 0.6 is 0 Å². The van der Waals surface area contributed by atoms with Crippen molar-refractivity contribution in [3.8, 4) is 0 Å². The molecule has 0 aromatic rings. The van der Waals surface area contributed by atoms with E-state index in [1.807, 2.05) is 0 Å². The van der Waals surface area contributed by atoms with Crippen molar-refractivity contribution >= 4 is 0 Å². The standard InChI is InChI=1S/C4H9NO/c5-3-1-2-4-6/h1-2,6H,3-5H2/b2-1+. The van der Waals surface area contributed by atoms with E-state index in [9.17, 15) is 0 Å². The third-order valence-electron chi connectivity index (χ3n) is 0.408. The molecule has 0 amide bonds. The second-order valence-corrected chi connectivity index (χ2v) is 0.890. The molecule has 0 saturated heterocycles. The predicted octanol–water partition coefficient (Wildman–Crippen LogP) is -0.506. The number of hydrogen-bond acceptors (Lipinski definition) is 2. The molecular formula is C4H9NO. The number of nitrogens with two attached hydrogens (primary N) is 1. The summed E-state index contributed by atoms with van der Waals surface area (Å²) in [4.78, 5) is 0. The maximum atomic E-state index is 8.06. The average molecular weight is 87.1 g/mol. The van der Waals surface area contributed by atoms with E-state index < -0.39 is 0 Å². The molecule has 0 rings (SSSR count). The maximum absolute atomic E-state index is 8.06. The maximum Gasteiger partial charge on any atom is 0.0612 e. The molecule has 0 unspecified atom stereocenters. The molecule has 0 aliphatic carbocycles. The summed E-state index contributed by atoms with van der Waals surface area (Å²) in [6.07, 6.45) is 3.32. The van der Waals surface area contributed by atoms with Gasteiger partial charge in [-0.1, -0.05) is 12.2 Å². The average Bonchev–Trinajstić information content (AvgIpc) is 1.61. The van der Waals surface area contributed by atoms with E-state index in [0.29, 0.717) is 6.54 Å². The second kappa shape index (κ2) is 4.66. The van der Waals surface area contributed by atoms with Crippen molar-refractivity contribution in [1.82, 2.24) is 0 Å². The third-order valence-corrected chi connectivity index (χ3v) is 0.408. The fourth-order valence-electron chi connectivity index (χ4n) is 0.171. The lowest BCUT2D eigenvalue weighted by Crippen LogP contribution is -1.92. The molecule has 0 bridgehead atoms. The van der Waals surface area contributed by atoms with Gasteiger partial charge in [-0.05, 0) is 0 Å². The fraction of sp³-hybridized carbons (Fsp3) is 0.500. The number of aliphatic hydroxyl groups excluding tert-OH is 1. The summed E-state index contributed by atoms with van der Waals surface area (Å²) in [6, 6.07) is 0. The zero-order valence-corrected chi connectivity index (χ0v) is 3.59. The first-order chi connectivity index (χ1) is 2.91. The summed E-state index contributed by atoms with van der Waals surface area (Å²) >= 11 is 0. The van der Waals surface area contributed by atoms with Gasteiger partial charge in [-0.25, -0.2) is 0 Å². The zero-order chi connectivity index (χ0) is 4.83. The van der Waals surface area contributed by atoms with Crippen LogP contribution in [0.1, 0.15) is 0 Å². The van der Waals surface area contributed by atoms with E-state index >= 15 is 0 Å². The lowest BCUT2D eigenvalue weighted by atomic mass is 10.5. The summed E-state index contributed by atoms with van der Waals surface area (Å²) in [5.74, 6) is 0. The Labute approximate surface area is 37.3 Å². The van der Waals surface area contributed by atoms with Gasteiger partial charge in [0.05, 0.1) is 6.61 Å². The Kier molecular flexibility index (Phi) is 4.40. The van der Waals surface area contributed by atoms with Crippen molar-refractivity contribution in [2.24, 2.45) is 5.73 Å². The van der Waals surface area contributed by atoms with Crippen LogP contribution in [0.4, 0.5) is 0 Å². The van der Waals surface area contributed by atoms with Crippen molar-refractivity contribution in [3.63, 3.8) is 0 Å². The Hall–Kier alpha value is -0.340. The molecule has 0 aromatic heterocycles. The van der Waals surface area contributed by atoms with Crippen LogP contribution in [-0.2, 0) is 0 Å². The van der Waals surface area contributed by atoms with E-state index in [0.717, 1.165) is 0 Å². The quantitative estimate of drug-likeness (QED) is 0.446. The van der Waals surface area contributed by atoms with Crippen LogP contribution in [0.25, 0.3) is 0 Å². The van der Waals surface area contributed by atoms with E-state index in [-0.39, 0.29) is 6.61 Å². The van der Waals surface area contributed by atoms with Gasteiger partial charge in [-0.2, -0.15) is 0 Å². The molecule has 0 aliphatic heterocycles. The molecule has 0 spiro atoms. The van der Waals surface area contributed by atoms with Crippen LogP contribution in [0.5, 0.6) is 0 Å². The Morgan fingerprint density at radius 2 is 2.17 bits per heavy atom. The first-order valence-corrected chi connectivity index (χ1v) is 1.87. The number of rotatable bonds is 2. The molecular weight excluding hydrogens is 78.0 g/mol. The molecule has 6 heavy (non-hydrogen) atoms. The summed E-state index contributed by atoms with van der Waals surface area (Å²) in [6.45, 7) is 0.609. The second-order valence-electron chi connectivity index (χ2n) is 0.890. The Morgan fingerprint density at radius 3 is 2.33 bits per heavy atom. The molecule has 0 aliphatic rings. The Balaban J connectivity index is 2.73. The van der Waals surface area contributed by atoms with Gasteiger partial charge >= 0.3 is 0 Å². The van der Waals surface area contributed by atoms with Crippen molar-refractivity contribution in [2.45, 2.75) is 0 Å². The summed E-state index contributed by atoms with van der Waals surface area (Å²) in [5.41, 5.74) is 5.02. The Bertz CT molecular complexity index is 36.8. The highest BCUT2D eigenvalue weighted by molar-refractivity contribution is 4.80. The van der Waals surface area contributed by atoms with Gasteiger partial charge in [0, 0.05) is 6.54 Å². The zero-order valence-electron chi connectivity index (χ0n) is 3.59. The molecule has 36 valence electrons. The van der Waals surface area contributed by atoms with Crippen LogP contribution in [0.3, 0.4) is 0 Å². The molecule has 0 atom stereocenters. The van der Waals surface area contributed by atoms with Gasteiger partial charge < -0.3 is 10.8 Å². The van der Waals surface area contributed by atoms with Crippen molar-refractivity contribution < 1.29 is 5.11 Å². The molecule has 0 fully saturated rings. The van der Waals surface area contributed by atoms with Gasteiger partial charge in [0.1, 0.15) is 0 Å². The topological polar surface area (TPSA) is 46.2 Å². The van der Waals surface area contributed by atoms with E-state index in [1.165, 1.54) is 0 Å². The Morgan fingerprint density at radius 1 is 1.50 bits per heavy atom. The summed E-state index contributed by atoms with van der Waals surface area (Å²) < 4.78 is 0. The van der Waals surface area contributed by atoms with Crippen LogP contribution < -0.4 is 5.73 Å². The molecule has 0 radical (unpaired) electrons. The van der Waals surface area contributed by atoms with Crippen molar-refractivity contribution in [1.29, 1.82) is 0 Å². The molecule has 0 saturated carbocycles. The SMILES string of the molecule is NC/C=C/CO. The highest BCUT2D eigenvalue weighted by atomic mass is 16.2. The number of aliphatic hydroxyl groups is 1. The number of hydrogen-bond donors (Lipinski definition) is 2. The lowest BCUT2D eigenvalue weighted by Gasteiger charge is -1.73.